The second-order valence-corrected chi connectivity index (χ2v) is 11.7. The lowest BCUT2D eigenvalue weighted by molar-refractivity contribution is 0.669. The molecule has 0 aliphatic heterocycles. The van der Waals surface area contributed by atoms with Crippen LogP contribution in [-0.4, -0.2) is 15.0 Å². The molecule has 0 radical (unpaired) electrons. The first-order valence-electron chi connectivity index (χ1n) is 20.6. The monoisotopic (exact) mass is 635 g/mol. The van der Waals surface area contributed by atoms with Gasteiger partial charge in [-0.05, 0) is 79.8 Å². The van der Waals surface area contributed by atoms with Crippen LogP contribution in [0.1, 0.15) is 13.7 Å². The zero-order chi connectivity index (χ0) is 41.0. The molecule has 4 nitrogen and oxygen atoms in total. The van der Waals surface area contributed by atoms with Crippen molar-refractivity contribution in [1.29, 1.82) is 0 Å². The third kappa shape index (κ3) is 4.57. The Hall–Kier alpha value is -6.65. The summed E-state index contributed by atoms with van der Waals surface area (Å²) in [7, 11) is 0. The van der Waals surface area contributed by atoms with E-state index in [0.717, 1.165) is 21.9 Å². The summed E-state index contributed by atoms with van der Waals surface area (Å²) in [4.78, 5) is 13.5. The van der Waals surface area contributed by atoms with Crippen LogP contribution in [-0.2, 0) is 0 Å². The Morgan fingerprint density at radius 2 is 0.796 bits per heavy atom. The minimum atomic E-state index is -0.608. The van der Waals surface area contributed by atoms with Gasteiger partial charge in [-0.15, -0.1) is 0 Å². The Morgan fingerprint density at radius 1 is 0.347 bits per heavy atom. The summed E-state index contributed by atoms with van der Waals surface area (Å²) in [6.07, 6.45) is 0. The minimum absolute atomic E-state index is 0.0209. The van der Waals surface area contributed by atoms with Gasteiger partial charge in [-0.25, -0.2) is 15.0 Å². The molecule has 10 aromatic rings. The van der Waals surface area contributed by atoms with Gasteiger partial charge in [0, 0.05) is 27.5 Å². The Balaban J connectivity index is 1.14. The average molecular weight is 636 g/mol. The van der Waals surface area contributed by atoms with Crippen LogP contribution >= 0.6 is 0 Å². The first kappa shape index (κ1) is 19.2. The van der Waals surface area contributed by atoms with Crippen molar-refractivity contribution in [3.63, 3.8) is 0 Å². The number of fused-ring (bicyclic) bond motifs is 9. The maximum absolute atomic E-state index is 8.62. The van der Waals surface area contributed by atoms with E-state index in [2.05, 4.69) is 81.7 Å². The summed E-state index contributed by atoms with van der Waals surface area (Å²) in [5.74, 6) is -0.675. The van der Waals surface area contributed by atoms with E-state index >= 15 is 0 Å². The molecule has 0 amide bonds. The Bertz CT molecular complexity index is 3300. The minimum Gasteiger partial charge on any atom is -0.456 e. The number of furan rings is 1. The largest absolute Gasteiger partial charge is 0.456 e. The molecule has 2 heterocycles. The molecular formula is C45H27N3O. The maximum Gasteiger partial charge on any atom is 0.164 e. The zero-order valence-corrected chi connectivity index (χ0v) is 25.6. The van der Waals surface area contributed by atoms with Gasteiger partial charge < -0.3 is 4.42 Å². The lowest BCUT2D eigenvalue weighted by Gasteiger charge is -2.12. The van der Waals surface area contributed by atoms with Crippen molar-refractivity contribution in [1.82, 2.24) is 15.0 Å². The molecule has 228 valence electrons. The standard InChI is InChI=1S/C45H27N3O/c1-3-11-28(12-4-1)43-46-44(29-13-5-2-6-14-29)48-45(47-43)32-21-24-41-40(26-32)38-23-20-31(27-42(38)49-41)30-19-22-37-35-17-8-7-15-33(35)34-16-9-10-18-36(34)39(37)25-30/h1-27H/i1D,2D,3D,4D,5D,6D,11D,12D,13D,14D. The number of benzene rings is 8. The first-order valence-corrected chi connectivity index (χ1v) is 15.6. The Labute approximate surface area is 296 Å². The molecule has 0 fully saturated rings. The summed E-state index contributed by atoms with van der Waals surface area (Å²) in [5, 5.41) is 8.59. The van der Waals surface area contributed by atoms with Crippen LogP contribution in [0.5, 0.6) is 0 Å². The fourth-order valence-corrected chi connectivity index (χ4v) is 6.64. The summed E-state index contributed by atoms with van der Waals surface area (Å²) in [6.45, 7) is 0. The maximum atomic E-state index is 8.62. The third-order valence-corrected chi connectivity index (χ3v) is 8.89. The highest BCUT2D eigenvalue weighted by atomic mass is 16.3. The highest BCUT2D eigenvalue weighted by Crippen LogP contribution is 2.39. The van der Waals surface area contributed by atoms with Crippen LogP contribution in [0.2, 0.25) is 0 Å². The second kappa shape index (κ2) is 11.0. The fourth-order valence-electron chi connectivity index (χ4n) is 6.64. The van der Waals surface area contributed by atoms with Gasteiger partial charge in [0.15, 0.2) is 17.5 Å². The molecular weight excluding hydrogens is 599 g/mol. The molecule has 10 rings (SSSR count). The van der Waals surface area contributed by atoms with Gasteiger partial charge in [-0.2, -0.15) is 0 Å². The van der Waals surface area contributed by atoms with Gasteiger partial charge in [-0.3, -0.25) is 0 Å². The van der Waals surface area contributed by atoms with E-state index in [1.54, 1.807) is 18.2 Å². The predicted octanol–water partition coefficient (Wildman–Crippen LogP) is 11.9. The first-order chi connectivity index (χ1) is 28.4. The van der Waals surface area contributed by atoms with Crippen molar-refractivity contribution in [3.8, 4) is 45.3 Å². The van der Waals surface area contributed by atoms with Gasteiger partial charge in [0.2, 0.25) is 0 Å². The molecule has 0 aliphatic rings. The van der Waals surface area contributed by atoms with E-state index in [-0.39, 0.29) is 28.6 Å². The highest BCUT2D eigenvalue weighted by molar-refractivity contribution is 6.25. The van der Waals surface area contributed by atoms with Gasteiger partial charge >= 0.3 is 0 Å². The van der Waals surface area contributed by atoms with Gasteiger partial charge in [0.1, 0.15) is 11.2 Å². The van der Waals surface area contributed by atoms with Crippen LogP contribution in [0.25, 0.3) is 99.5 Å². The fraction of sp³-hybridized carbons (Fsp3) is 0. The highest BCUT2D eigenvalue weighted by Gasteiger charge is 2.16. The third-order valence-electron chi connectivity index (χ3n) is 8.89. The molecule has 0 saturated carbocycles. The molecule has 0 atom stereocenters. The van der Waals surface area contributed by atoms with E-state index in [0.29, 0.717) is 22.1 Å². The molecule has 0 N–H and O–H groups in total. The van der Waals surface area contributed by atoms with Gasteiger partial charge in [-0.1, -0.05) is 127 Å². The quantitative estimate of drug-likeness (QED) is 0.181. The molecule has 8 aromatic carbocycles. The van der Waals surface area contributed by atoms with E-state index in [1.165, 1.54) is 26.9 Å². The summed E-state index contributed by atoms with van der Waals surface area (Å²) in [5.41, 5.74) is 2.95. The van der Waals surface area contributed by atoms with Crippen LogP contribution in [0.4, 0.5) is 0 Å². The Kier molecular flexibility index (Phi) is 4.31. The van der Waals surface area contributed by atoms with Crippen LogP contribution in [0.15, 0.2) is 168 Å². The van der Waals surface area contributed by atoms with Crippen molar-refractivity contribution in [2.45, 2.75) is 0 Å². The van der Waals surface area contributed by atoms with Crippen LogP contribution < -0.4 is 0 Å². The van der Waals surface area contributed by atoms with Crippen molar-refractivity contribution < 1.29 is 18.1 Å². The molecule has 2 aromatic heterocycles. The number of aromatic nitrogens is 3. The number of hydrogen-bond donors (Lipinski definition) is 0. The second-order valence-electron chi connectivity index (χ2n) is 11.7. The smallest absolute Gasteiger partial charge is 0.164 e. The SMILES string of the molecule is [2H]c1c([2H])c([2H])c(-c2nc(-c3ccc4oc5cc(-c6ccc7c8ccccc8c8ccccc8c7c6)ccc5c4c3)nc(-c3c([2H])c([2H])c([2H])c([2H])c3[2H])n2)c([2H])c1[2H]. The molecule has 49 heavy (non-hydrogen) atoms. The predicted molar refractivity (Wildman–Crippen MR) is 201 cm³/mol. The Morgan fingerprint density at radius 3 is 1.39 bits per heavy atom. The van der Waals surface area contributed by atoms with Crippen LogP contribution in [0, 0.1) is 0 Å². The summed E-state index contributed by atoms with van der Waals surface area (Å²) >= 11 is 0. The number of hydrogen-bond acceptors (Lipinski definition) is 4. The average Bonchev–Trinajstić information content (AvgIpc) is 3.63. The lowest BCUT2D eigenvalue weighted by atomic mass is 9.92. The van der Waals surface area contributed by atoms with Gasteiger partial charge in [0.05, 0.1) is 13.7 Å². The lowest BCUT2D eigenvalue weighted by Crippen LogP contribution is -2.00. The zero-order valence-electron chi connectivity index (χ0n) is 35.6. The van der Waals surface area contributed by atoms with Crippen molar-refractivity contribution >= 4 is 54.3 Å². The summed E-state index contributed by atoms with van der Waals surface area (Å²) in [6, 6.07) is 28.7. The van der Waals surface area contributed by atoms with E-state index in [1.807, 2.05) is 18.2 Å². The van der Waals surface area contributed by atoms with Crippen LogP contribution in [0.3, 0.4) is 0 Å². The number of nitrogens with zero attached hydrogens (tertiary/aromatic N) is 3. The van der Waals surface area contributed by atoms with Crippen molar-refractivity contribution in [2.24, 2.45) is 0 Å². The molecule has 4 heteroatoms. The normalized spacial score (nSPS) is 14.5. The summed E-state index contributed by atoms with van der Waals surface area (Å²) < 4.78 is 90.1. The molecule has 0 spiro atoms. The molecule has 0 unspecified atom stereocenters. The topological polar surface area (TPSA) is 51.8 Å². The molecule has 0 aliphatic carbocycles. The van der Waals surface area contributed by atoms with E-state index in [4.69, 9.17) is 18.1 Å². The molecule has 0 bridgehead atoms. The van der Waals surface area contributed by atoms with E-state index < -0.39 is 60.4 Å². The number of rotatable bonds is 4. The molecule has 0 saturated heterocycles. The van der Waals surface area contributed by atoms with Crippen molar-refractivity contribution in [2.75, 3.05) is 0 Å². The van der Waals surface area contributed by atoms with Gasteiger partial charge in [0.25, 0.3) is 0 Å². The van der Waals surface area contributed by atoms with Crippen molar-refractivity contribution in [3.05, 3.63) is 164 Å². The van der Waals surface area contributed by atoms with E-state index in [9.17, 15) is 0 Å².